The Morgan fingerprint density at radius 3 is 3.00 bits per heavy atom. The monoisotopic (exact) mass is 265 g/mol. The van der Waals surface area contributed by atoms with Crippen LogP contribution in [0.4, 0.5) is 16.3 Å². The van der Waals surface area contributed by atoms with Gasteiger partial charge in [0.05, 0.1) is 17.9 Å². The van der Waals surface area contributed by atoms with E-state index in [1.165, 1.54) is 0 Å². The van der Waals surface area contributed by atoms with Gasteiger partial charge in [-0.25, -0.2) is 14.8 Å². The second-order valence-electron chi connectivity index (χ2n) is 4.72. The predicted molar refractivity (Wildman–Crippen MR) is 72.2 cm³/mol. The molecular formula is C12H19N5O2. The van der Waals surface area contributed by atoms with E-state index in [2.05, 4.69) is 22.2 Å². The summed E-state index contributed by atoms with van der Waals surface area (Å²) in [5.74, 6) is 1.50. The standard InChI is InChI=1S/C12H19N5O2/c1-2-3-4-10-14-5-9(13)11(16-10)17-6-8(7-17)15-12(18)19/h5,8,15H,2-4,6-7,13H2,1H3,(H,18,19). The minimum Gasteiger partial charge on any atom is -0.465 e. The Morgan fingerprint density at radius 2 is 2.37 bits per heavy atom. The van der Waals surface area contributed by atoms with Crippen molar-refractivity contribution in [1.29, 1.82) is 0 Å². The average molecular weight is 265 g/mol. The number of nitrogens with one attached hydrogen (secondary N) is 1. The highest BCUT2D eigenvalue weighted by Crippen LogP contribution is 2.24. The van der Waals surface area contributed by atoms with Crippen molar-refractivity contribution >= 4 is 17.6 Å². The smallest absolute Gasteiger partial charge is 0.405 e. The minimum atomic E-state index is -0.996. The lowest BCUT2D eigenvalue weighted by molar-refractivity contribution is 0.187. The van der Waals surface area contributed by atoms with Crippen LogP contribution in [0.5, 0.6) is 0 Å². The molecular weight excluding hydrogens is 246 g/mol. The average Bonchev–Trinajstić information content (AvgIpc) is 2.32. The highest BCUT2D eigenvalue weighted by molar-refractivity contribution is 5.67. The van der Waals surface area contributed by atoms with Crippen molar-refractivity contribution in [2.75, 3.05) is 23.7 Å². The Hall–Kier alpha value is -2.05. The third-order valence-electron chi connectivity index (χ3n) is 3.11. The molecule has 0 bridgehead atoms. The van der Waals surface area contributed by atoms with Gasteiger partial charge in [0.2, 0.25) is 0 Å². The van der Waals surface area contributed by atoms with Crippen molar-refractivity contribution in [1.82, 2.24) is 15.3 Å². The van der Waals surface area contributed by atoms with E-state index in [9.17, 15) is 4.79 Å². The number of unbranched alkanes of at least 4 members (excludes halogenated alkanes) is 1. The maximum absolute atomic E-state index is 10.5. The predicted octanol–water partition coefficient (Wildman–Crippen LogP) is 0.858. The van der Waals surface area contributed by atoms with E-state index in [-0.39, 0.29) is 6.04 Å². The number of nitrogen functional groups attached to an aromatic ring is 1. The number of carbonyl (C=O) groups is 1. The van der Waals surface area contributed by atoms with E-state index in [1.54, 1.807) is 6.20 Å². The molecule has 1 aromatic heterocycles. The zero-order valence-electron chi connectivity index (χ0n) is 11.0. The molecule has 7 nitrogen and oxygen atoms in total. The summed E-state index contributed by atoms with van der Waals surface area (Å²) in [5, 5.41) is 11.1. The van der Waals surface area contributed by atoms with E-state index in [1.807, 2.05) is 4.90 Å². The van der Waals surface area contributed by atoms with Crippen LogP contribution in [-0.4, -0.2) is 40.3 Å². The Kier molecular flexibility index (Phi) is 4.03. The minimum absolute atomic E-state index is 0.0500. The van der Waals surface area contributed by atoms with Crippen LogP contribution in [-0.2, 0) is 6.42 Å². The first kappa shape index (κ1) is 13.4. The molecule has 0 atom stereocenters. The van der Waals surface area contributed by atoms with Crippen LogP contribution in [0.2, 0.25) is 0 Å². The summed E-state index contributed by atoms with van der Waals surface area (Å²) < 4.78 is 0. The number of hydrogen-bond acceptors (Lipinski definition) is 5. The first-order valence-corrected chi connectivity index (χ1v) is 6.46. The molecule has 104 valence electrons. The van der Waals surface area contributed by atoms with Gasteiger partial charge in [0.25, 0.3) is 0 Å². The number of rotatable bonds is 5. The van der Waals surface area contributed by atoms with E-state index in [0.717, 1.165) is 25.1 Å². The fraction of sp³-hybridized carbons (Fsp3) is 0.583. The van der Waals surface area contributed by atoms with Gasteiger partial charge in [0, 0.05) is 19.5 Å². The number of nitrogens with two attached hydrogens (primary N) is 1. The quantitative estimate of drug-likeness (QED) is 0.729. The normalized spacial score (nSPS) is 15.1. The fourth-order valence-electron chi connectivity index (χ4n) is 2.04. The van der Waals surface area contributed by atoms with Crippen molar-refractivity contribution in [2.24, 2.45) is 0 Å². The molecule has 0 saturated carbocycles. The Balaban J connectivity index is 1.98. The lowest BCUT2D eigenvalue weighted by atomic mass is 10.1. The second-order valence-corrected chi connectivity index (χ2v) is 4.72. The van der Waals surface area contributed by atoms with Crippen LogP contribution >= 0.6 is 0 Å². The van der Waals surface area contributed by atoms with Crippen molar-refractivity contribution in [3.63, 3.8) is 0 Å². The third kappa shape index (κ3) is 3.24. The number of hydrogen-bond donors (Lipinski definition) is 3. The molecule has 19 heavy (non-hydrogen) atoms. The molecule has 1 saturated heterocycles. The van der Waals surface area contributed by atoms with Gasteiger partial charge in [0.15, 0.2) is 5.82 Å². The zero-order valence-corrected chi connectivity index (χ0v) is 11.0. The molecule has 1 amide bonds. The van der Waals surface area contributed by atoms with Gasteiger partial charge in [-0.05, 0) is 6.42 Å². The number of aryl methyl sites for hydroxylation is 1. The summed E-state index contributed by atoms with van der Waals surface area (Å²) >= 11 is 0. The number of carboxylic acid groups (broad SMARTS) is 1. The summed E-state index contributed by atoms with van der Waals surface area (Å²) in [6.45, 7) is 3.32. The van der Waals surface area contributed by atoms with E-state index < -0.39 is 6.09 Å². The number of aromatic nitrogens is 2. The largest absolute Gasteiger partial charge is 0.465 e. The van der Waals surface area contributed by atoms with Crippen LogP contribution in [0.3, 0.4) is 0 Å². The number of anilines is 2. The Bertz CT molecular complexity index is 459. The molecule has 4 N–H and O–H groups in total. The number of amides is 1. The lowest BCUT2D eigenvalue weighted by Crippen LogP contribution is -2.59. The van der Waals surface area contributed by atoms with Gasteiger partial charge in [-0.15, -0.1) is 0 Å². The van der Waals surface area contributed by atoms with Crippen molar-refractivity contribution in [3.8, 4) is 0 Å². The molecule has 2 rings (SSSR count). The highest BCUT2D eigenvalue weighted by atomic mass is 16.4. The molecule has 2 heterocycles. The zero-order chi connectivity index (χ0) is 13.8. The van der Waals surface area contributed by atoms with Gasteiger partial charge >= 0.3 is 6.09 Å². The summed E-state index contributed by atoms with van der Waals surface area (Å²) in [6.07, 6.45) is 3.62. The maximum atomic E-state index is 10.5. The van der Waals surface area contributed by atoms with E-state index in [4.69, 9.17) is 10.8 Å². The molecule has 1 aromatic rings. The fourth-order valence-corrected chi connectivity index (χ4v) is 2.04. The van der Waals surface area contributed by atoms with Crippen molar-refractivity contribution in [2.45, 2.75) is 32.2 Å². The van der Waals surface area contributed by atoms with Crippen LogP contribution in [0.15, 0.2) is 6.20 Å². The summed E-state index contributed by atoms with van der Waals surface area (Å²) in [4.78, 5) is 21.1. The van der Waals surface area contributed by atoms with E-state index >= 15 is 0 Å². The summed E-state index contributed by atoms with van der Waals surface area (Å²) in [7, 11) is 0. The van der Waals surface area contributed by atoms with Crippen LogP contribution in [0, 0.1) is 0 Å². The lowest BCUT2D eigenvalue weighted by Gasteiger charge is -2.40. The molecule has 7 heteroatoms. The van der Waals surface area contributed by atoms with Crippen molar-refractivity contribution < 1.29 is 9.90 Å². The molecule has 0 unspecified atom stereocenters. The first-order valence-electron chi connectivity index (χ1n) is 6.46. The van der Waals surface area contributed by atoms with Gasteiger partial charge in [-0.2, -0.15) is 0 Å². The molecule has 0 spiro atoms. The van der Waals surface area contributed by atoms with E-state index in [0.29, 0.717) is 24.6 Å². The Labute approximate surface area is 111 Å². The second kappa shape index (κ2) is 5.73. The molecule has 0 radical (unpaired) electrons. The summed E-state index contributed by atoms with van der Waals surface area (Å²) in [6, 6.07) is -0.0500. The topological polar surface area (TPSA) is 104 Å². The van der Waals surface area contributed by atoms with Gasteiger partial charge < -0.3 is 21.1 Å². The maximum Gasteiger partial charge on any atom is 0.405 e. The van der Waals surface area contributed by atoms with Gasteiger partial charge in [-0.3, -0.25) is 0 Å². The van der Waals surface area contributed by atoms with Crippen LogP contribution < -0.4 is 16.0 Å². The molecule has 0 aliphatic carbocycles. The van der Waals surface area contributed by atoms with Crippen LogP contribution in [0.1, 0.15) is 25.6 Å². The van der Waals surface area contributed by atoms with Gasteiger partial charge in [-0.1, -0.05) is 13.3 Å². The number of nitrogens with zero attached hydrogens (tertiary/aromatic N) is 3. The molecule has 0 aromatic carbocycles. The van der Waals surface area contributed by atoms with Gasteiger partial charge in [0.1, 0.15) is 5.82 Å². The van der Waals surface area contributed by atoms with Crippen LogP contribution in [0.25, 0.3) is 0 Å². The highest BCUT2D eigenvalue weighted by Gasteiger charge is 2.30. The molecule has 1 fully saturated rings. The first-order chi connectivity index (χ1) is 9.10. The Morgan fingerprint density at radius 1 is 1.63 bits per heavy atom. The SMILES string of the molecule is CCCCc1ncc(N)c(N2CC(NC(=O)O)C2)n1. The van der Waals surface area contributed by atoms with Crippen molar-refractivity contribution in [3.05, 3.63) is 12.0 Å². The molecule has 1 aliphatic heterocycles. The third-order valence-corrected chi connectivity index (χ3v) is 3.11. The molecule has 1 aliphatic rings. The summed E-state index contributed by atoms with van der Waals surface area (Å²) in [5.41, 5.74) is 6.41.